The molecule has 22 heavy (non-hydrogen) atoms. The molecule has 0 aromatic rings. The lowest BCUT2D eigenvalue weighted by Crippen LogP contribution is -2.22. The Balaban J connectivity index is 1.84. The fourth-order valence-electron chi connectivity index (χ4n) is 2.55. The van der Waals surface area contributed by atoms with Crippen molar-refractivity contribution in [2.45, 2.75) is 90.3 Å². The fourth-order valence-corrected chi connectivity index (χ4v) is 2.55. The van der Waals surface area contributed by atoms with E-state index in [2.05, 4.69) is 30.9 Å². The van der Waals surface area contributed by atoms with Crippen LogP contribution in [0.1, 0.15) is 84.0 Å². The molecule has 1 atom stereocenters. The van der Waals surface area contributed by atoms with Gasteiger partial charge in [0.15, 0.2) is 6.29 Å². The highest BCUT2D eigenvalue weighted by molar-refractivity contribution is 5.04. The first-order valence-corrected chi connectivity index (χ1v) is 9.27. The average Bonchev–Trinajstić information content (AvgIpc) is 2.56. The molecule has 0 amide bonds. The summed E-state index contributed by atoms with van der Waals surface area (Å²) >= 11 is 0. The lowest BCUT2D eigenvalue weighted by atomic mass is 10.1. The van der Waals surface area contributed by atoms with Gasteiger partial charge in [0.25, 0.3) is 0 Å². The average molecular weight is 306 g/mol. The first-order chi connectivity index (χ1) is 10.9. The monoisotopic (exact) mass is 306 g/mol. The highest BCUT2D eigenvalue weighted by Crippen LogP contribution is 2.13. The van der Waals surface area contributed by atoms with Crippen molar-refractivity contribution >= 4 is 0 Å². The second-order valence-corrected chi connectivity index (χ2v) is 6.00. The predicted molar refractivity (Wildman–Crippen MR) is 93.7 cm³/mol. The standard InChI is InChI=1S/C20H34O2/c1-2-3-4-5-6-7-8-9-10-11-12-13-15-18-21-20-17-14-16-19-22-20/h9-10,20H,2-8,11,14-19H2,1H3/b10-9-. The molecular formula is C20H34O2. The van der Waals surface area contributed by atoms with Gasteiger partial charge in [0, 0.05) is 19.4 Å². The zero-order valence-corrected chi connectivity index (χ0v) is 14.4. The van der Waals surface area contributed by atoms with E-state index in [1.165, 1.54) is 57.8 Å². The minimum absolute atomic E-state index is 0.0211. The van der Waals surface area contributed by atoms with Gasteiger partial charge >= 0.3 is 0 Å². The predicted octanol–water partition coefficient (Wildman–Crippen LogP) is 5.62. The molecule has 1 heterocycles. The summed E-state index contributed by atoms with van der Waals surface area (Å²) in [6, 6.07) is 0. The largest absolute Gasteiger partial charge is 0.353 e. The zero-order chi connectivity index (χ0) is 15.7. The molecule has 1 rings (SSSR count). The second kappa shape index (κ2) is 15.1. The highest BCUT2D eigenvalue weighted by atomic mass is 16.7. The Bertz CT molecular complexity index is 318. The summed E-state index contributed by atoms with van der Waals surface area (Å²) in [6.45, 7) is 3.80. The molecule has 0 radical (unpaired) electrons. The van der Waals surface area contributed by atoms with Crippen LogP contribution in [0.5, 0.6) is 0 Å². The van der Waals surface area contributed by atoms with Crippen molar-refractivity contribution in [3.8, 4) is 11.8 Å². The van der Waals surface area contributed by atoms with Crippen molar-refractivity contribution in [1.29, 1.82) is 0 Å². The van der Waals surface area contributed by atoms with Crippen LogP contribution in [-0.4, -0.2) is 19.5 Å². The molecule has 126 valence electrons. The number of rotatable bonds is 11. The van der Waals surface area contributed by atoms with Gasteiger partial charge in [-0.1, -0.05) is 57.1 Å². The summed E-state index contributed by atoms with van der Waals surface area (Å²) in [7, 11) is 0. The van der Waals surface area contributed by atoms with E-state index in [9.17, 15) is 0 Å². The quantitative estimate of drug-likeness (QED) is 0.280. The third-order valence-corrected chi connectivity index (χ3v) is 3.90. The third-order valence-electron chi connectivity index (χ3n) is 3.90. The molecule has 1 fully saturated rings. The Morgan fingerprint density at radius 2 is 1.91 bits per heavy atom. The molecule has 0 aliphatic carbocycles. The van der Waals surface area contributed by atoms with E-state index in [0.29, 0.717) is 6.61 Å². The maximum absolute atomic E-state index is 5.64. The Kier molecular flexibility index (Phi) is 13.2. The first-order valence-electron chi connectivity index (χ1n) is 9.27. The molecule has 1 unspecified atom stereocenters. The van der Waals surface area contributed by atoms with Crippen LogP contribution < -0.4 is 0 Å². The van der Waals surface area contributed by atoms with Gasteiger partial charge in [0.2, 0.25) is 0 Å². The van der Waals surface area contributed by atoms with Crippen LogP contribution >= 0.6 is 0 Å². The van der Waals surface area contributed by atoms with E-state index in [1.807, 2.05) is 0 Å². The summed E-state index contributed by atoms with van der Waals surface area (Å²) < 4.78 is 11.1. The molecule has 0 aromatic heterocycles. The minimum atomic E-state index is 0.0211. The molecule has 1 aliphatic heterocycles. The van der Waals surface area contributed by atoms with Crippen LogP contribution in [0.4, 0.5) is 0 Å². The molecule has 0 spiro atoms. The molecule has 0 bridgehead atoms. The zero-order valence-electron chi connectivity index (χ0n) is 14.4. The number of ether oxygens (including phenoxy) is 2. The van der Waals surface area contributed by atoms with Gasteiger partial charge in [-0.15, -0.1) is 5.92 Å². The normalized spacial score (nSPS) is 18.3. The minimum Gasteiger partial charge on any atom is -0.353 e. The highest BCUT2D eigenvalue weighted by Gasteiger charge is 2.12. The van der Waals surface area contributed by atoms with E-state index in [4.69, 9.17) is 9.47 Å². The summed E-state index contributed by atoms with van der Waals surface area (Å²) in [5, 5.41) is 0. The molecular weight excluding hydrogens is 272 g/mol. The van der Waals surface area contributed by atoms with Gasteiger partial charge in [0.05, 0.1) is 6.61 Å². The number of unbranched alkanes of at least 4 members (excludes halogenated alkanes) is 6. The van der Waals surface area contributed by atoms with Crippen molar-refractivity contribution in [3.63, 3.8) is 0 Å². The molecule has 1 aliphatic rings. The van der Waals surface area contributed by atoms with Crippen molar-refractivity contribution in [2.75, 3.05) is 13.2 Å². The molecule has 1 saturated heterocycles. The van der Waals surface area contributed by atoms with Gasteiger partial charge in [0.1, 0.15) is 0 Å². The van der Waals surface area contributed by atoms with Gasteiger partial charge in [-0.25, -0.2) is 0 Å². The Labute approximate surface area is 137 Å². The van der Waals surface area contributed by atoms with E-state index in [-0.39, 0.29) is 6.29 Å². The van der Waals surface area contributed by atoms with Crippen LogP contribution in [0.3, 0.4) is 0 Å². The van der Waals surface area contributed by atoms with Gasteiger partial charge in [-0.2, -0.15) is 0 Å². The number of hydrogen-bond donors (Lipinski definition) is 0. The van der Waals surface area contributed by atoms with Crippen molar-refractivity contribution in [1.82, 2.24) is 0 Å². The Hall–Kier alpha value is -0.780. The molecule has 0 aromatic carbocycles. The summed E-state index contributed by atoms with van der Waals surface area (Å²) in [6.07, 6.45) is 19.0. The fraction of sp³-hybridized carbons (Fsp3) is 0.800. The molecule has 2 nitrogen and oxygen atoms in total. The summed E-state index contributed by atoms with van der Waals surface area (Å²) in [5.74, 6) is 6.35. The maximum Gasteiger partial charge on any atom is 0.157 e. The Morgan fingerprint density at radius 1 is 1.05 bits per heavy atom. The lowest BCUT2D eigenvalue weighted by Gasteiger charge is -2.22. The Morgan fingerprint density at radius 3 is 2.73 bits per heavy atom. The summed E-state index contributed by atoms with van der Waals surface area (Å²) in [5.41, 5.74) is 0. The maximum atomic E-state index is 5.64. The number of hydrogen-bond acceptors (Lipinski definition) is 2. The first kappa shape index (κ1) is 19.3. The van der Waals surface area contributed by atoms with Crippen molar-refractivity contribution in [2.24, 2.45) is 0 Å². The number of allylic oxidation sites excluding steroid dienone is 2. The van der Waals surface area contributed by atoms with E-state index >= 15 is 0 Å². The van der Waals surface area contributed by atoms with Crippen LogP contribution in [0.15, 0.2) is 12.2 Å². The molecule has 0 saturated carbocycles. The van der Waals surface area contributed by atoms with Crippen molar-refractivity contribution < 1.29 is 9.47 Å². The van der Waals surface area contributed by atoms with Crippen molar-refractivity contribution in [3.05, 3.63) is 12.2 Å². The van der Waals surface area contributed by atoms with Crippen LogP contribution in [0.2, 0.25) is 0 Å². The van der Waals surface area contributed by atoms with Gasteiger partial charge < -0.3 is 9.47 Å². The lowest BCUT2D eigenvalue weighted by molar-refractivity contribution is -0.161. The SMILES string of the molecule is CCCCCCCC/C=C\CC#CCCOC1CCCCO1. The smallest absolute Gasteiger partial charge is 0.157 e. The molecule has 2 heteroatoms. The van der Waals surface area contributed by atoms with E-state index in [1.54, 1.807) is 0 Å². The van der Waals surface area contributed by atoms with Gasteiger partial charge in [-0.3, -0.25) is 0 Å². The van der Waals surface area contributed by atoms with Crippen LogP contribution in [0.25, 0.3) is 0 Å². The topological polar surface area (TPSA) is 18.5 Å². The van der Waals surface area contributed by atoms with E-state index < -0.39 is 0 Å². The van der Waals surface area contributed by atoms with E-state index in [0.717, 1.165) is 25.9 Å². The van der Waals surface area contributed by atoms with Crippen LogP contribution in [0, 0.1) is 11.8 Å². The second-order valence-electron chi connectivity index (χ2n) is 6.00. The third kappa shape index (κ3) is 11.8. The van der Waals surface area contributed by atoms with Gasteiger partial charge in [-0.05, 0) is 32.1 Å². The summed E-state index contributed by atoms with van der Waals surface area (Å²) in [4.78, 5) is 0. The molecule has 0 N–H and O–H groups in total. The van der Waals surface area contributed by atoms with Crippen LogP contribution in [-0.2, 0) is 9.47 Å².